The molecule has 4 heteroatoms. The van der Waals surface area contributed by atoms with Gasteiger partial charge in [0.2, 0.25) is 5.91 Å². The van der Waals surface area contributed by atoms with Gasteiger partial charge in [-0.2, -0.15) is 5.26 Å². The van der Waals surface area contributed by atoms with Gasteiger partial charge >= 0.3 is 0 Å². The summed E-state index contributed by atoms with van der Waals surface area (Å²) in [4.78, 5) is 11.3. The summed E-state index contributed by atoms with van der Waals surface area (Å²) >= 11 is 0. The quantitative estimate of drug-likeness (QED) is 0.648. The van der Waals surface area contributed by atoms with E-state index < -0.39 is 0 Å². The third kappa shape index (κ3) is 10.8. The topological polar surface area (TPSA) is 64.9 Å². The van der Waals surface area contributed by atoms with Gasteiger partial charge in [0.05, 0.1) is 12.6 Å². The van der Waals surface area contributed by atoms with Gasteiger partial charge in [-0.1, -0.05) is 0 Å². The molecule has 0 atom stereocenters. The number of hydrogen-bond donors (Lipinski definition) is 2. The molecule has 0 aliphatic carbocycles. The van der Waals surface area contributed by atoms with E-state index >= 15 is 0 Å². The minimum Gasteiger partial charge on any atom is -0.350 e. The summed E-state index contributed by atoms with van der Waals surface area (Å²) in [7, 11) is 0. The van der Waals surface area contributed by atoms with E-state index in [1.807, 2.05) is 20.8 Å². The van der Waals surface area contributed by atoms with Gasteiger partial charge in [0.15, 0.2) is 0 Å². The Morgan fingerprint density at radius 1 is 1.33 bits per heavy atom. The highest BCUT2D eigenvalue weighted by Gasteiger charge is 2.12. The number of amides is 1. The molecular weight excluding hydrogens is 190 g/mol. The molecule has 0 bridgehead atoms. The largest absolute Gasteiger partial charge is 0.350 e. The molecule has 0 aromatic heterocycles. The predicted molar refractivity (Wildman–Crippen MR) is 60.2 cm³/mol. The summed E-state index contributed by atoms with van der Waals surface area (Å²) < 4.78 is 0. The van der Waals surface area contributed by atoms with Crippen LogP contribution in [0.15, 0.2) is 0 Å². The molecule has 4 nitrogen and oxygen atoms in total. The van der Waals surface area contributed by atoms with Gasteiger partial charge in [0, 0.05) is 12.0 Å². The van der Waals surface area contributed by atoms with Gasteiger partial charge in [-0.15, -0.1) is 0 Å². The monoisotopic (exact) mass is 211 g/mol. The Bertz CT molecular complexity index is 225. The summed E-state index contributed by atoms with van der Waals surface area (Å²) in [5, 5.41) is 14.2. The average Bonchev–Trinajstić information content (AvgIpc) is 2.08. The Hall–Kier alpha value is -1.08. The Balaban J connectivity index is 3.37. The SMILES string of the molecule is CC(C)(C)NC(=O)CNCCCCC#N. The molecule has 0 saturated carbocycles. The molecule has 0 aromatic rings. The van der Waals surface area contributed by atoms with Gasteiger partial charge < -0.3 is 10.6 Å². The highest BCUT2D eigenvalue weighted by Crippen LogP contribution is 1.97. The highest BCUT2D eigenvalue weighted by molar-refractivity contribution is 5.78. The van der Waals surface area contributed by atoms with Crippen molar-refractivity contribution in [1.29, 1.82) is 5.26 Å². The summed E-state index contributed by atoms with van der Waals surface area (Å²) in [6.45, 7) is 7.01. The first-order valence-electron chi connectivity index (χ1n) is 5.34. The van der Waals surface area contributed by atoms with Crippen molar-refractivity contribution in [2.24, 2.45) is 0 Å². The number of rotatable bonds is 6. The molecule has 0 aliphatic heterocycles. The second-order valence-electron chi connectivity index (χ2n) is 4.59. The molecule has 0 radical (unpaired) electrons. The molecule has 0 aromatic carbocycles. The van der Waals surface area contributed by atoms with E-state index in [4.69, 9.17) is 5.26 Å². The fourth-order valence-electron chi connectivity index (χ4n) is 1.12. The van der Waals surface area contributed by atoms with Crippen LogP contribution in [0.3, 0.4) is 0 Å². The number of unbranched alkanes of at least 4 members (excludes halogenated alkanes) is 2. The smallest absolute Gasteiger partial charge is 0.234 e. The number of carbonyl (C=O) groups excluding carboxylic acids is 1. The van der Waals surface area contributed by atoms with E-state index in [0.29, 0.717) is 13.0 Å². The summed E-state index contributed by atoms with van der Waals surface area (Å²) in [5.41, 5.74) is -0.167. The zero-order valence-corrected chi connectivity index (χ0v) is 9.89. The zero-order chi connectivity index (χ0) is 11.7. The van der Waals surface area contributed by atoms with Crippen molar-refractivity contribution < 1.29 is 4.79 Å². The molecule has 0 heterocycles. The van der Waals surface area contributed by atoms with Gasteiger partial charge in [0.1, 0.15) is 0 Å². The van der Waals surface area contributed by atoms with Crippen molar-refractivity contribution in [2.75, 3.05) is 13.1 Å². The fraction of sp³-hybridized carbons (Fsp3) is 0.818. The van der Waals surface area contributed by atoms with Crippen molar-refractivity contribution in [3.63, 3.8) is 0 Å². The molecule has 15 heavy (non-hydrogen) atoms. The lowest BCUT2D eigenvalue weighted by Gasteiger charge is -2.20. The average molecular weight is 211 g/mol. The first kappa shape index (κ1) is 13.9. The van der Waals surface area contributed by atoms with Crippen LogP contribution in [0.5, 0.6) is 0 Å². The van der Waals surface area contributed by atoms with Crippen LogP contribution in [-0.2, 0) is 4.79 Å². The minimum absolute atomic E-state index is 0.0165. The van der Waals surface area contributed by atoms with Crippen molar-refractivity contribution in [1.82, 2.24) is 10.6 Å². The second kappa shape index (κ2) is 7.24. The van der Waals surface area contributed by atoms with Crippen LogP contribution in [0.1, 0.15) is 40.0 Å². The van der Waals surface area contributed by atoms with Crippen molar-refractivity contribution in [3.05, 3.63) is 0 Å². The first-order chi connectivity index (χ1) is 6.95. The van der Waals surface area contributed by atoms with Crippen LogP contribution < -0.4 is 10.6 Å². The third-order valence-electron chi connectivity index (χ3n) is 1.69. The molecule has 1 amide bonds. The van der Waals surface area contributed by atoms with E-state index in [2.05, 4.69) is 16.7 Å². The second-order valence-corrected chi connectivity index (χ2v) is 4.59. The van der Waals surface area contributed by atoms with E-state index in [-0.39, 0.29) is 11.4 Å². The zero-order valence-electron chi connectivity index (χ0n) is 9.89. The molecule has 0 unspecified atom stereocenters. The molecule has 0 spiro atoms. The fourth-order valence-corrected chi connectivity index (χ4v) is 1.12. The minimum atomic E-state index is -0.167. The number of nitrogens with zero attached hydrogens (tertiary/aromatic N) is 1. The van der Waals surface area contributed by atoms with E-state index in [9.17, 15) is 4.79 Å². The normalized spacial score (nSPS) is 10.8. The van der Waals surface area contributed by atoms with E-state index in [0.717, 1.165) is 19.4 Å². The molecule has 0 rings (SSSR count). The Labute approximate surface area is 92.0 Å². The number of nitriles is 1. The van der Waals surface area contributed by atoms with Gasteiger partial charge in [-0.05, 0) is 40.2 Å². The predicted octanol–water partition coefficient (Wildman–Crippen LogP) is 1.18. The highest BCUT2D eigenvalue weighted by atomic mass is 16.2. The van der Waals surface area contributed by atoms with Crippen LogP contribution in [-0.4, -0.2) is 24.5 Å². The molecule has 2 N–H and O–H groups in total. The van der Waals surface area contributed by atoms with Crippen LogP contribution >= 0.6 is 0 Å². The van der Waals surface area contributed by atoms with Crippen LogP contribution in [0.4, 0.5) is 0 Å². The maximum absolute atomic E-state index is 11.3. The van der Waals surface area contributed by atoms with Crippen molar-refractivity contribution >= 4 is 5.91 Å². The molecule has 0 fully saturated rings. The van der Waals surface area contributed by atoms with E-state index in [1.54, 1.807) is 0 Å². The van der Waals surface area contributed by atoms with Gasteiger partial charge in [0.25, 0.3) is 0 Å². The Morgan fingerprint density at radius 2 is 2.00 bits per heavy atom. The molecule has 86 valence electrons. The van der Waals surface area contributed by atoms with Crippen LogP contribution in [0.25, 0.3) is 0 Å². The number of hydrogen-bond acceptors (Lipinski definition) is 3. The van der Waals surface area contributed by atoms with Crippen LogP contribution in [0, 0.1) is 11.3 Å². The third-order valence-corrected chi connectivity index (χ3v) is 1.69. The maximum Gasteiger partial charge on any atom is 0.234 e. The summed E-state index contributed by atoms with van der Waals surface area (Å²) in [5.74, 6) is 0.0165. The maximum atomic E-state index is 11.3. The Kier molecular flexibility index (Phi) is 6.72. The van der Waals surface area contributed by atoms with E-state index in [1.165, 1.54) is 0 Å². The van der Waals surface area contributed by atoms with Crippen LogP contribution in [0.2, 0.25) is 0 Å². The molecule has 0 aliphatic rings. The number of nitrogens with one attached hydrogen (secondary N) is 2. The van der Waals surface area contributed by atoms with Crippen molar-refractivity contribution in [2.45, 2.75) is 45.6 Å². The van der Waals surface area contributed by atoms with Gasteiger partial charge in [-0.3, -0.25) is 4.79 Å². The van der Waals surface area contributed by atoms with Gasteiger partial charge in [-0.25, -0.2) is 0 Å². The lowest BCUT2D eigenvalue weighted by atomic mass is 10.1. The lowest BCUT2D eigenvalue weighted by Crippen LogP contribution is -2.44. The Morgan fingerprint density at radius 3 is 2.53 bits per heavy atom. The van der Waals surface area contributed by atoms with Crippen molar-refractivity contribution in [3.8, 4) is 6.07 Å². The first-order valence-corrected chi connectivity index (χ1v) is 5.34. The molecule has 0 saturated heterocycles. The number of carbonyl (C=O) groups is 1. The standard InChI is InChI=1S/C11H21N3O/c1-11(2,3)14-10(15)9-13-8-6-4-5-7-12/h13H,4-6,8-9H2,1-3H3,(H,14,15). The summed E-state index contributed by atoms with van der Waals surface area (Å²) in [6, 6.07) is 2.09. The molecular formula is C11H21N3O. The summed E-state index contributed by atoms with van der Waals surface area (Å²) in [6.07, 6.45) is 2.43. The lowest BCUT2D eigenvalue weighted by molar-refractivity contribution is -0.121.